The van der Waals surface area contributed by atoms with Gasteiger partial charge in [0.05, 0.1) is 6.26 Å². The van der Waals surface area contributed by atoms with E-state index >= 15 is 0 Å². The van der Waals surface area contributed by atoms with E-state index < -0.39 is 37.0 Å². The summed E-state index contributed by atoms with van der Waals surface area (Å²) in [6, 6.07) is 0. The van der Waals surface area contributed by atoms with Gasteiger partial charge in [0, 0.05) is 12.8 Å². The highest BCUT2D eigenvalue weighted by atomic mass is 16.5. The summed E-state index contributed by atoms with van der Waals surface area (Å²) in [6.07, 6.45) is -0.643. The highest BCUT2D eigenvalue weighted by molar-refractivity contribution is 5.70. The van der Waals surface area contributed by atoms with E-state index in [1.165, 1.54) is 0 Å². The Bertz CT molecular complexity index is 452. The minimum Gasteiger partial charge on any atom is -0.463 e. The zero-order chi connectivity index (χ0) is 20.7. The predicted molar refractivity (Wildman–Crippen MR) is 94.3 cm³/mol. The number of aliphatic hydroxyl groups is 4. The topological polar surface area (TPSA) is 151 Å². The van der Waals surface area contributed by atoms with Crippen LogP contribution in [0.3, 0.4) is 0 Å². The van der Waals surface area contributed by atoms with Gasteiger partial charge in [-0.05, 0) is 12.8 Å². The molecule has 4 N–H and O–H groups in total. The Morgan fingerprint density at radius 1 is 0.852 bits per heavy atom. The molecule has 4 atom stereocenters. The van der Waals surface area contributed by atoms with Gasteiger partial charge in [-0.1, -0.05) is 32.3 Å². The molecule has 0 aliphatic heterocycles. The Hall–Kier alpha value is -1.81. The number of aldehydes is 1. The van der Waals surface area contributed by atoms with Crippen LogP contribution in [-0.4, -0.2) is 69.7 Å². The zero-order valence-corrected chi connectivity index (χ0v) is 15.4. The maximum atomic E-state index is 11.6. The van der Waals surface area contributed by atoms with Crippen molar-refractivity contribution in [1.29, 1.82) is 0 Å². The maximum Gasteiger partial charge on any atom is 0.310 e. The van der Waals surface area contributed by atoms with Gasteiger partial charge in [-0.15, -0.1) is 0 Å². The van der Waals surface area contributed by atoms with E-state index in [0.717, 1.165) is 38.4 Å². The second-order valence-electron chi connectivity index (χ2n) is 6.14. The Morgan fingerprint density at radius 2 is 1.37 bits per heavy atom. The lowest BCUT2D eigenvalue weighted by Crippen LogP contribution is -2.46. The van der Waals surface area contributed by atoms with Crippen LogP contribution in [0, 0.1) is 0 Å². The Balaban J connectivity index is 3.70. The lowest BCUT2D eigenvalue weighted by atomic mass is 10.0. The molecule has 0 aliphatic carbocycles. The molecule has 0 radical (unpaired) electrons. The van der Waals surface area contributed by atoms with Gasteiger partial charge in [0.2, 0.25) is 0 Å². The van der Waals surface area contributed by atoms with Crippen LogP contribution < -0.4 is 0 Å². The van der Waals surface area contributed by atoms with Gasteiger partial charge in [0.25, 0.3) is 0 Å². The number of ether oxygens (including phenoxy) is 2. The minimum atomic E-state index is -1.87. The van der Waals surface area contributed by atoms with Crippen LogP contribution in [0.4, 0.5) is 0 Å². The number of aliphatic hydroxyl groups excluding tert-OH is 4. The van der Waals surface area contributed by atoms with Gasteiger partial charge < -0.3 is 34.7 Å². The molecule has 27 heavy (non-hydrogen) atoms. The Morgan fingerprint density at radius 3 is 1.89 bits per heavy atom. The lowest BCUT2D eigenvalue weighted by molar-refractivity contribution is -0.156. The number of esters is 2. The lowest BCUT2D eigenvalue weighted by Gasteiger charge is -2.23. The third kappa shape index (κ3) is 12.2. The molecule has 9 nitrogen and oxygen atoms in total. The van der Waals surface area contributed by atoms with E-state index in [1.807, 2.05) is 0 Å². The van der Waals surface area contributed by atoms with E-state index in [-0.39, 0.29) is 18.7 Å². The summed E-state index contributed by atoms with van der Waals surface area (Å²) in [5.41, 5.74) is 0. The first-order valence-corrected chi connectivity index (χ1v) is 8.97. The fourth-order valence-corrected chi connectivity index (χ4v) is 2.26. The SMILES string of the molecule is C=COC(=O)CCCCCCCCC(=O)OC[C@@H](O)[C@H](O)[C@H](O)[C@@H](O)C=O. The molecule has 0 bridgehead atoms. The Kier molecular flexibility index (Phi) is 14.2. The van der Waals surface area contributed by atoms with Crippen LogP contribution in [0.15, 0.2) is 12.8 Å². The fraction of sp³-hybridized carbons (Fsp3) is 0.722. The van der Waals surface area contributed by atoms with Crippen molar-refractivity contribution < 1.29 is 44.3 Å². The largest absolute Gasteiger partial charge is 0.463 e. The molecular weight excluding hydrogens is 360 g/mol. The standard InChI is InChI=1S/C18H30O9/c1-2-26-15(22)9-7-5-3-4-6-8-10-16(23)27-12-14(21)18(25)17(24)13(20)11-19/h2,11,13-14,17-18,20-21,24-25H,1,3-10,12H2/t13-,14+,17+,18-/m0/s1. The third-order valence-electron chi connectivity index (χ3n) is 3.88. The molecule has 0 fully saturated rings. The van der Waals surface area contributed by atoms with Gasteiger partial charge in [0.1, 0.15) is 31.0 Å². The van der Waals surface area contributed by atoms with Crippen LogP contribution in [-0.2, 0) is 23.9 Å². The molecule has 0 spiro atoms. The van der Waals surface area contributed by atoms with E-state index in [2.05, 4.69) is 11.3 Å². The summed E-state index contributed by atoms with van der Waals surface area (Å²) < 4.78 is 9.39. The molecule has 0 rings (SSSR count). The van der Waals surface area contributed by atoms with Crippen molar-refractivity contribution in [3.8, 4) is 0 Å². The van der Waals surface area contributed by atoms with Gasteiger partial charge in [0.15, 0.2) is 6.29 Å². The van der Waals surface area contributed by atoms with Crippen molar-refractivity contribution in [2.45, 2.75) is 75.8 Å². The highest BCUT2D eigenvalue weighted by Crippen LogP contribution is 2.10. The van der Waals surface area contributed by atoms with E-state index in [1.54, 1.807) is 0 Å². The van der Waals surface area contributed by atoms with Gasteiger partial charge in [-0.3, -0.25) is 9.59 Å². The van der Waals surface area contributed by atoms with Crippen molar-refractivity contribution in [2.75, 3.05) is 6.61 Å². The second kappa shape index (κ2) is 15.3. The molecule has 0 aromatic heterocycles. The number of hydrogen-bond acceptors (Lipinski definition) is 9. The average Bonchev–Trinajstić information content (AvgIpc) is 2.66. The first kappa shape index (κ1) is 25.2. The predicted octanol–water partition coefficient (Wildman–Crippen LogP) is -0.0204. The fourth-order valence-electron chi connectivity index (χ4n) is 2.26. The Labute approximate surface area is 158 Å². The zero-order valence-electron chi connectivity index (χ0n) is 15.4. The summed E-state index contributed by atoms with van der Waals surface area (Å²) in [5.74, 6) is -0.855. The van der Waals surface area contributed by atoms with Crippen molar-refractivity contribution in [2.24, 2.45) is 0 Å². The van der Waals surface area contributed by atoms with Crippen LogP contribution in [0.1, 0.15) is 51.4 Å². The molecule has 0 saturated carbocycles. The van der Waals surface area contributed by atoms with E-state index in [9.17, 15) is 29.7 Å². The quantitative estimate of drug-likeness (QED) is 0.123. The smallest absolute Gasteiger partial charge is 0.310 e. The summed E-state index contributed by atoms with van der Waals surface area (Å²) in [4.78, 5) is 32.9. The molecule has 0 heterocycles. The molecular formula is C18H30O9. The molecule has 0 aromatic rings. The number of unbranched alkanes of at least 4 members (excludes halogenated alkanes) is 5. The molecule has 0 amide bonds. The number of carbonyl (C=O) groups is 3. The van der Waals surface area contributed by atoms with Gasteiger partial charge in [-0.25, -0.2) is 0 Å². The van der Waals surface area contributed by atoms with E-state index in [0.29, 0.717) is 12.8 Å². The summed E-state index contributed by atoms with van der Waals surface area (Å²) >= 11 is 0. The molecule has 0 saturated heterocycles. The molecule has 156 valence electrons. The highest BCUT2D eigenvalue weighted by Gasteiger charge is 2.30. The summed E-state index contributed by atoms with van der Waals surface area (Å²) in [6.45, 7) is 2.75. The third-order valence-corrected chi connectivity index (χ3v) is 3.88. The van der Waals surface area contributed by atoms with Crippen LogP contribution in [0.2, 0.25) is 0 Å². The summed E-state index contributed by atoms with van der Waals surface area (Å²) in [5, 5.41) is 37.6. The minimum absolute atomic E-state index is 0.0273. The van der Waals surface area contributed by atoms with Crippen molar-refractivity contribution in [1.82, 2.24) is 0 Å². The average molecular weight is 390 g/mol. The molecule has 0 unspecified atom stereocenters. The van der Waals surface area contributed by atoms with Crippen molar-refractivity contribution in [3.63, 3.8) is 0 Å². The number of hydrogen-bond donors (Lipinski definition) is 4. The monoisotopic (exact) mass is 390 g/mol. The van der Waals surface area contributed by atoms with Gasteiger partial charge >= 0.3 is 11.9 Å². The maximum absolute atomic E-state index is 11.6. The first-order chi connectivity index (χ1) is 12.8. The van der Waals surface area contributed by atoms with Gasteiger partial charge in [-0.2, -0.15) is 0 Å². The molecule has 0 aliphatic rings. The second-order valence-corrected chi connectivity index (χ2v) is 6.14. The number of rotatable bonds is 16. The normalized spacial score (nSPS) is 15.3. The van der Waals surface area contributed by atoms with Crippen LogP contribution in [0.25, 0.3) is 0 Å². The van der Waals surface area contributed by atoms with Crippen LogP contribution in [0.5, 0.6) is 0 Å². The van der Waals surface area contributed by atoms with Crippen LogP contribution >= 0.6 is 0 Å². The van der Waals surface area contributed by atoms with Crippen molar-refractivity contribution in [3.05, 3.63) is 12.8 Å². The van der Waals surface area contributed by atoms with Crippen molar-refractivity contribution >= 4 is 18.2 Å². The summed E-state index contributed by atoms with van der Waals surface area (Å²) in [7, 11) is 0. The van der Waals surface area contributed by atoms with E-state index in [4.69, 9.17) is 9.84 Å². The molecule has 9 heteroatoms. The number of carbonyl (C=O) groups excluding carboxylic acids is 3. The first-order valence-electron chi connectivity index (χ1n) is 8.97. The molecule has 0 aromatic carbocycles.